The minimum absolute atomic E-state index is 0. The number of hydrogen-bond acceptors (Lipinski definition) is 1. The molecule has 0 amide bonds. The molecule has 0 bridgehead atoms. The number of benzene rings is 3. The van der Waals surface area contributed by atoms with Crippen molar-refractivity contribution in [3.8, 4) is 11.3 Å². The number of aryl methyl sites for hydroxylation is 2. The fourth-order valence-corrected chi connectivity index (χ4v) is 5.00. The fourth-order valence-electron chi connectivity index (χ4n) is 5.00. The first-order valence-electron chi connectivity index (χ1n) is 17.9. The van der Waals surface area contributed by atoms with Crippen molar-refractivity contribution < 1.29 is 28.3 Å². The zero-order valence-corrected chi connectivity index (χ0v) is 29.7. The van der Waals surface area contributed by atoms with E-state index in [2.05, 4.69) is 49.0 Å². The number of aromatic nitrogens is 2. The van der Waals surface area contributed by atoms with Crippen molar-refractivity contribution in [3.63, 3.8) is 0 Å². The molecular weight excluding hydrogens is 751 g/mol. The largest absolute Gasteiger partial charge is 3.00 e. The Hall–Kier alpha value is -4.63. The van der Waals surface area contributed by atoms with Crippen LogP contribution >= 0.6 is 0 Å². The molecule has 2 heterocycles. The van der Waals surface area contributed by atoms with Crippen molar-refractivity contribution in [3.05, 3.63) is 178 Å². The summed E-state index contributed by atoms with van der Waals surface area (Å²) in [5, 5.41) is 9.04. The van der Waals surface area contributed by atoms with Crippen molar-refractivity contribution >= 4 is 29.0 Å². The van der Waals surface area contributed by atoms with E-state index >= 15 is 0 Å². The number of pyridine rings is 1. The Kier molecular flexibility index (Phi) is 10.5. The summed E-state index contributed by atoms with van der Waals surface area (Å²) in [6.07, 6.45) is 9.89. The van der Waals surface area contributed by atoms with Crippen LogP contribution in [0.4, 0.5) is 0 Å². The quantitative estimate of drug-likeness (QED) is 0.0876. The maximum absolute atomic E-state index is 9.04. The van der Waals surface area contributed by atoms with Crippen molar-refractivity contribution in [2.24, 2.45) is 7.05 Å². The molecular formula is C43H42IrN3. The van der Waals surface area contributed by atoms with E-state index in [-0.39, 0.29) is 31.2 Å². The second-order valence-electron chi connectivity index (χ2n) is 11.0. The van der Waals surface area contributed by atoms with E-state index in [1.165, 1.54) is 29.6 Å². The summed E-state index contributed by atoms with van der Waals surface area (Å²) in [5.74, 6) is 0. The molecule has 0 aliphatic heterocycles. The van der Waals surface area contributed by atoms with Crippen LogP contribution in [0.2, 0.25) is 0 Å². The van der Waals surface area contributed by atoms with Crippen LogP contribution in [0.3, 0.4) is 0 Å². The van der Waals surface area contributed by atoms with Gasteiger partial charge in [-0.15, -0.1) is 70.8 Å². The van der Waals surface area contributed by atoms with E-state index in [1.54, 1.807) is 18.2 Å². The Morgan fingerprint density at radius 2 is 1.74 bits per heavy atom. The Morgan fingerprint density at radius 1 is 0.979 bits per heavy atom. The molecule has 0 saturated carbocycles. The first-order valence-corrected chi connectivity index (χ1v) is 14.9. The monoisotopic (exact) mass is 799 g/mol. The third-order valence-corrected chi connectivity index (χ3v) is 8.00. The normalized spacial score (nSPS) is 13.9. The maximum Gasteiger partial charge on any atom is 3.00 e. The number of hydrogen-bond donors (Lipinski definition) is 0. The second kappa shape index (κ2) is 17.3. The van der Waals surface area contributed by atoms with Crippen molar-refractivity contribution in [1.82, 2.24) is 9.55 Å². The molecule has 238 valence electrons. The van der Waals surface area contributed by atoms with E-state index in [0.717, 1.165) is 39.7 Å². The summed E-state index contributed by atoms with van der Waals surface area (Å²) in [6.45, 7) is 7.79. The zero-order chi connectivity index (χ0) is 38.2. The predicted molar refractivity (Wildman–Crippen MR) is 198 cm³/mol. The fraction of sp³-hybridized carbons (Fsp3) is 0.163. The molecule has 3 aromatic carbocycles. The van der Waals surface area contributed by atoms with Crippen molar-refractivity contribution in [2.45, 2.75) is 41.4 Å². The Morgan fingerprint density at radius 3 is 2.34 bits per heavy atom. The molecule has 2 aromatic heterocycles. The molecule has 4 heteroatoms. The van der Waals surface area contributed by atoms with Gasteiger partial charge in [0.2, 0.25) is 0 Å². The van der Waals surface area contributed by atoms with Crippen molar-refractivity contribution in [2.75, 3.05) is 0 Å². The first kappa shape index (κ1) is 28.6. The molecule has 0 aliphatic rings. The van der Waals surface area contributed by atoms with Crippen LogP contribution in [0.25, 0.3) is 39.5 Å². The molecule has 47 heavy (non-hydrogen) atoms. The van der Waals surface area contributed by atoms with E-state index < -0.39 is 13.7 Å². The minimum Gasteiger partial charge on any atom is -0.811 e. The van der Waals surface area contributed by atoms with Gasteiger partial charge in [0.05, 0.1) is 0 Å². The predicted octanol–water partition coefficient (Wildman–Crippen LogP) is 10.8. The van der Waals surface area contributed by atoms with Gasteiger partial charge in [0, 0.05) is 32.9 Å². The number of allylic oxidation sites excluding steroid dienone is 6. The van der Waals surface area contributed by atoms with E-state index in [1.807, 2.05) is 86.8 Å². The summed E-state index contributed by atoms with van der Waals surface area (Å²) in [5.41, 5.74) is 11.2. The summed E-state index contributed by atoms with van der Waals surface area (Å²) in [4.78, 5) is 4.25. The van der Waals surface area contributed by atoms with Gasteiger partial charge in [-0.25, -0.2) is 0 Å². The van der Waals surface area contributed by atoms with E-state index in [0.29, 0.717) is 22.4 Å². The van der Waals surface area contributed by atoms with Crippen LogP contribution in [0.1, 0.15) is 65.5 Å². The maximum atomic E-state index is 9.04. The molecule has 0 atom stereocenters. The molecule has 0 fully saturated rings. The topological polar surface area (TPSA) is 40.1 Å². The van der Waals surface area contributed by atoms with Crippen LogP contribution in [0.15, 0.2) is 110 Å². The molecule has 0 unspecified atom stereocenters. The van der Waals surface area contributed by atoms with Gasteiger partial charge in [0.1, 0.15) is 0 Å². The van der Waals surface area contributed by atoms with Crippen molar-refractivity contribution in [1.29, 1.82) is 0 Å². The second-order valence-corrected chi connectivity index (χ2v) is 11.0. The van der Waals surface area contributed by atoms with Gasteiger partial charge in [0.25, 0.3) is 0 Å². The molecule has 5 rings (SSSR count). The van der Waals surface area contributed by atoms with Crippen LogP contribution < -0.4 is 0 Å². The third kappa shape index (κ3) is 9.45. The van der Waals surface area contributed by atoms with Gasteiger partial charge >= 0.3 is 20.1 Å². The minimum atomic E-state index is -2.34. The van der Waals surface area contributed by atoms with Crippen LogP contribution in [-0.2, 0) is 27.2 Å². The summed E-state index contributed by atoms with van der Waals surface area (Å²) >= 11 is 0. The SMILES string of the molecule is C/C(=C\C(=C/C=[N-])c1ccccc1)c1[c-]cccc1.[2H]C([2H])([2H])c1ccc(-c2[c-]cc(C([2H])([2H])[2H])c(C(=C)/C=C\c3c(C)c(C)c(C)n3C)c2)nc1.[Ir+3]. The van der Waals surface area contributed by atoms with Crippen LogP contribution in [-0.4, -0.2) is 15.8 Å². The van der Waals surface area contributed by atoms with Gasteiger partial charge in [-0.3, -0.25) is 0 Å². The standard InChI is InChI=1S/C25H27N2.C18H15N.Ir/c1-16-8-12-24(26-15-16)22-11-9-17(2)23(14-22)18(3)10-13-25-20(5)19(4)21(6)27(25)7;1-15(16-8-4-2-5-9-16)14-18(12-13-19)17-10-6-3-7-11-17;/h8-10,12-15H,3H2,1-2,4-7H3;2-8,10-14H,1H3;/q-1;-2;+3/b13-10-;15-14+,18-12+;/i1D3,2D3;;. The van der Waals surface area contributed by atoms with Gasteiger partial charge < -0.3 is 15.0 Å². The molecule has 0 aliphatic carbocycles. The molecule has 0 N–H and O–H groups in total. The Bertz CT molecular complexity index is 2100. The first-order chi connectivity index (χ1) is 24.5. The molecule has 0 saturated heterocycles. The number of nitrogens with zero attached hydrogens (tertiary/aromatic N) is 3. The number of rotatable bonds is 8. The van der Waals surface area contributed by atoms with E-state index in [9.17, 15) is 0 Å². The average Bonchev–Trinajstić information content (AvgIpc) is 3.31. The van der Waals surface area contributed by atoms with E-state index in [4.69, 9.17) is 13.6 Å². The Labute approximate surface area is 303 Å². The van der Waals surface area contributed by atoms with Gasteiger partial charge in [0.15, 0.2) is 0 Å². The molecule has 0 spiro atoms. The Balaban J connectivity index is 0.000000322. The van der Waals surface area contributed by atoms with Gasteiger partial charge in [-0.05, 0) is 72.8 Å². The van der Waals surface area contributed by atoms with Gasteiger partial charge in [-0.2, -0.15) is 6.21 Å². The van der Waals surface area contributed by atoms with Crippen LogP contribution in [0.5, 0.6) is 0 Å². The molecule has 3 nitrogen and oxygen atoms in total. The smallest absolute Gasteiger partial charge is 0.811 e. The van der Waals surface area contributed by atoms with Crippen LogP contribution in [0, 0.1) is 46.6 Å². The summed E-state index contributed by atoms with van der Waals surface area (Å²) < 4.78 is 48.4. The van der Waals surface area contributed by atoms with Gasteiger partial charge in [-0.1, -0.05) is 86.6 Å². The molecule has 0 radical (unpaired) electrons. The summed E-state index contributed by atoms with van der Waals surface area (Å²) in [7, 11) is 2.00. The average molecular weight is 799 g/mol. The third-order valence-electron chi connectivity index (χ3n) is 8.00. The zero-order valence-electron chi connectivity index (χ0n) is 33.4. The summed E-state index contributed by atoms with van der Waals surface area (Å²) in [6, 6.07) is 30.3. The molecule has 5 aromatic rings.